The summed E-state index contributed by atoms with van der Waals surface area (Å²) in [6.45, 7) is 10.0. The van der Waals surface area contributed by atoms with Crippen LogP contribution in [0.5, 0.6) is 0 Å². The first-order valence-electron chi connectivity index (χ1n) is 38.8. The Morgan fingerprint density at radius 1 is 0.586 bits per heavy atom. The highest BCUT2D eigenvalue weighted by atomic mass is 19.1. The van der Waals surface area contributed by atoms with E-state index in [0.29, 0.717) is 203 Å². The second-order valence-corrected chi connectivity index (χ2v) is 26.8. The monoisotopic (exact) mass is 1630 g/mol. The van der Waals surface area contributed by atoms with Gasteiger partial charge in [-0.25, -0.2) is 14.2 Å². The second kappa shape index (κ2) is 50.4. The van der Waals surface area contributed by atoms with Crippen LogP contribution in [0.25, 0.3) is 22.3 Å². The topological polar surface area (TPSA) is 463 Å². The van der Waals surface area contributed by atoms with Gasteiger partial charge in [0.05, 0.1) is 220 Å². The maximum absolute atomic E-state index is 15.4. The number of amides is 9. The molecule has 4 aromatic rings. The highest BCUT2D eigenvalue weighted by molar-refractivity contribution is 6.13. The lowest BCUT2D eigenvalue weighted by molar-refractivity contribution is -0.172. The minimum atomic E-state index is -2.07. The van der Waals surface area contributed by atoms with Crippen LogP contribution in [0, 0.1) is 12.7 Å². The number of aliphatic hydroxyl groups excluding tert-OH is 1. The fourth-order valence-corrected chi connectivity index (χ4v) is 12.6. The van der Waals surface area contributed by atoms with Crippen LogP contribution in [0.2, 0.25) is 0 Å². The van der Waals surface area contributed by atoms with Gasteiger partial charge >= 0.3 is 5.97 Å². The van der Waals surface area contributed by atoms with Crippen molar-refractivity contribution < 1.29 is 129 Å². The molecule has 38 heteroatoms. The number of cyclic esters (lactones) is 1. The van der Waals surface area contributed by atoms with Gasteiger partial charge < -0.3 is 118 Å². The van der Waals surface area contributed by atoms with Crippen molar-refractivity contribution in [2.24, 2.45) is 0 Å². The van der Waals surface area contributed by atoms with Crippen LogP contribution in [-0.2, 0) is 146 Å². The molecule has 2 aromatic carbocycles. The summed E-state index contributed by atoms with van der Waals surface area (Å²) in [5.41, 5.74) is 1.56. The van der Waals surface area contributed by atoms with Crippen molar-refractivity contribution in [3.8, 4) is 11.4 Å². The van der Waals surface area contributed by atoms with E-state index in [0.717, 1.165) is 4.90 Å². The summed E-state index contributed by atoms with van der Waals surface area (Å²) in [6, 6.07) is 9.70. The molecule has 0 fully saturated rings. The molecule has 5 heterocycles. The van der Waals surface area contributed by atoms with Crippen LogP contribution in [0.1, 0.15) is 84.0 Å². The largest absolute Gasteiger partial charge is 0.458 e. The molecular weight excluding hydrogens is 1530 g/mol. The number of carbonyl (C=O) groups is 10. The molecule has 1 aliphatic carbocycles. The summed E-state index contributed by atoms with van der Waals surface area (Å²) >= 11 is 0. The number of benzene rings is 2. The molecule has 4 aliphatic rings. The maximum Gasteiger partial charge on any atom is 0.343 e. The highest BCUT2D eigenvalue weighted by Gasteiger charge is 2.46. The van der Waals surface area contributed by atoms with Gasteiger partial charge in [-0.2, -0.15) is 0 Å². The zero-order chi connectivity index (χ0) is 82.9. The number of carbonyl (C=O) groups excluding carboxylic acids is 10. The molecule has 0 saturated carbocycles. The molecule has 3 aliphatic heterocycles. The number of halogens is 1. The van der Waals surface area contributed by atoms with Gasteiger partial charge in [0.15, 0.2) is 5.60 Å². The highest BCUT2D eigenvalue weighted by Crippen LogP contribution is 2.46. The molecular formula is C78H107FN10O27. The Kier molecular flexibility index (Phi) is 40.1. The number of aliphatic hydroxyl groups is 2. The molecule has 638 valence electrons. The molecule has 4 atom stereocenters. The van der Waals surface area contributed by atoms with E-state index in [9.17, 15) is 63.0 Å². The maximum atomic E-state index is 15.4. The van der Waals surface area contributed by atoms with Gasteiger partial charge in [0, 0.05) is 73.5 Å². The lowest BCUT2D eigenvalue weighted by atomic mass is 9.81. The number of aryl methyl sites for hydroxylation is 1. The van der Waals surface area contributed by atoms with Gasteiger partial charge in [0.1, 0.15) is 31.3 Å². The predicted molar refractivity (Wildman–Crippen MR) is 407 cm³/mol. The average Bonchev–Trinajstić information content (AvgIpc) is 1.49. The number of nitrogens with one attached hydrogen (secondary N) is 7. The summed E-state index contributed by atoms with van der Waals surface area (Å²) in [5, 5.41) is 41.1. The SMILES string of the molecule is CC[C@@]1(O)C(=O)OCc2c1cc1n(c2=O)Cc2c-1nc1cc(F)c(C)c3c1c2C(NC(=O)[C@H](O)CCOCNC(=O)CNC(=O)[C@H](Cc1ccccc1)NC(=O)CNC(=O)CNC(=O)CCOCCOCCOCCOCCOCCOCCOCCOCCOCCOCCOCCOCCNC(=O)CCN1C(=O)C=CC1=O)CC3. The number of pyridine rings is 2. The Bertz CT molecular complexity index is 3990. The molecule has 0 spiro atoms. The van der Waals surface area contributed by atoms with E-state index in [-0.39, 0.29) is 108 Å². The Morgan fingerprint density at radius 3 is 1.66 bits per heavy atom. The van der Waals surface area contributed by atoms with Gasteiger partial charge in [-0.05, 0) is 54.5 Å². The predicted octanol–water partition coefficient (Wildman–Crippen LogP) is -1.43. The number of imide groups is 1. The summed E-state index contributed by atoms with van der Waals surface area (Å²) in [7, 11) is 0. The smallest absolute Gasteiger partial charge is 0.343 e. The zero-order valence-electron chi connectivity index (χ0n) is 65.5. The van der Waals surface area contributed by atoms with Crippen molar-refractivity contribution >= 4 is 70.0 Å². The van der Waals surface area contributed by atoms with Gasteiger partial charge in [-0.15, -0.1) is 0 Å². The van der Waals surface area contributed by atoms with Crippen molar-refractivity contribution in [2.75, 3.05) is 205 Å². The number of nitrogens with zero attached hydrogens (tertiary/aromatic N) is 3. The first-order chi connectivity index (χ1) is 56.3. The average molecular weight is 1640 g/mol. The summed E-state index contributed by atoms with van der Waals surface area (Å²) in [5.74, 6) is -6.46. The zero-order valence-corrected chi connectivity index (χ0v) is 65.5. The van der Waals surface area contributed by atoms with Crippen molar-refractivity contribution in [1.29, 1.82) is 0 Å². The van der Waals surface area contributed by atoms with Crippen molar-refractivity contribution in [3.05, 3.63) is 110 Å². The number of aromatic nitrogens is 2. The first kappa shape index (κ1) is 92.3. The Labute approximate surface area is 669 Å². The summed E-state index contributed by atoms with van der Waals surface area (Å²) in [4.78, 5) is 146. The van der Waals surface area contributed by atoms with Crippen LogP contribution in [0.4, 0.5) is 4.39 Å². The number of hydrogen-bond donors (Lipinski definition) is 9. The Hall–Kier alpha value is -9.23. The lowest BCUT2D eigenvalue weighted by Crippen LogP contribution is -2.52. The van der Waals surface area contributed by atoms with Gasteiger partial charge in [-0.1, -0.05) is 37.3 Å². The fraction of sp³-hybridized carbons (Fsp3) is 0.590. The quantitative estimate of drug-likeness (QED) is 0.00932. The fourth-order valence-electron chi connectivity index (χ4n) is 12.6. The Morgan fingerprint density at radius 2 is 1.09 bits per heavy atom. The Balaban J connectivity index is 0.560. The normalized spacial score (nSPS) is 15.7. The van der Waals surface area contributed by atoms with E-state index in [1.165, 1.54) is 22.8 Å². The number of ether oxygens (including phenoxy) is 14. The third-order valence-electron chi connectivity index (χ3n) is 18.8. The van der Waals surface area contributed by atoms with E-state index in [1.54, 1.807) is 50.2 Å². The van der Waals surface area contributed by atoms with E-state index in [2.05, 4.69) is 37.2 Å². The molecule has 0 bridgehead atoms. The van der Waals surface area contributed by atoms with Gasteiger partial charge in [-0.3, -0.25) is 52.8 Å². The van der Waals surface area contributed by atoms with Crippen molar-refractivity contribution in [1.82, 2.24) is 51.7 Å². The van der Waals surface area contributed by atoms with Crippen LogP contribution < -0.4 is 42.8 Å². The van der Waals surface area contributed by atoms with Crippen LogP contribution in [0.15, 0.2) is 59.4 Å². The number of hydrogen-bond acceptors (Lipinski definition) is 28. The molecule has 8 rings (SSSR count). The lowest BCUT2D eigenvalue weighted by Gasteiger charge is -2.31. The molecule has 9 amide bonds. The van der Waals surface area contributed by atoms with E-state index in [1.807, 2.05) is 0 Å². The molecule has 0 radical (unpaired) electrons. The second-order valence-electron chi connectivity index (χ2n) is 26.8. The number of esters is 1. The molecule has 2 aromatic heterocycles. The summed E-state index contributed by atoms with van der Waals surface area (Å²) < 4.78 is 93.5. The third-order valence-corrected chi connectivity index (χ3v) is 18.8. The van der Waals surface area contributed by atoms with Gasteiger partial charge in [0.25, 0.3) is 17.4 Å². The molecule has 0 saturated heterocycles. The van der Waals surface area contributed by atoms with Crippen LogP contribution in [0.3, 0.4) is 0 Å². The first-order valence-corrected chi connectivity index (χ1v) is 38.8. The number of fused-ring (bicyclic) bond motifs is 5. The third kappa shape index (κ3) is 29.7. The standard InChI is InChI=1S/C78H107FN10O27/c1-3-78(102)57-44-62-73-55(49-89(62)76(100)56(57)50-116-77(78)101)72-59(10-9-54-52(2)58(79)45-60(86-73)71(54)72)87-75(99)63(90)14-18-115-51-84-67(94)47-83-74(98)61(43-53-7-5-4-6-8-53)85-68(95)48-82-66(93)46-81-65(92)15-19-103-21-23-105-25-27-107-29-31-109-33-35-111-37-39-113-41-42-114-40-38-112-36-34-110-32-30-108-28-26-106-24-22-104-20-16-80-64(91)13-17-88-69(96)11-12-70(88)97/h4-8,11-12,44-45,59,61,63,90,102H,3,9-10,13-43,46-51H2,1-2H3,(H,80,91)(H,81,92)(H,82,93)(H,83,98)(H,84,94)(H,85,95)(H,87,99)/t59?,61-,63+,78-/m0/s1. The summed E-state index contributed by atoms with van der Waals surface area (Å²) in [6.07, 6.45) is 1.21. The minimum Gasteiger partial charge on any atom is -0.458 e. The minimum absolute atomic E-state index is 0.0201. The van der Waals surface area contributed by atoms with E-state index >= 15 is 4.39 Å². The molecule has 1 unspecified atom stereocenters. The van der Waals surface area contributed by atoms with Gasteiger partial charge in [0.2, 0.25) is 41.4 Å². The van der Waals surface area contributed by atoms with Crippen molar-refractivity contribution in [3.63, 3.8) is 0 Å². The van der Waals surface area contributed by atoms with E-state index < -0.39 is 108 Å². The van der Waals surface area contributed by atoms with E-state index in [4.69, 9.17) is 71.3 Å². The molecule has 116 heavy (non-hydrogen) atoms. The number of rotatable bonds is 60. The van der Waals surface area contributed by atoms with Crippen LogP contribution in [-0.4, -0.2) is 301 Å². The van der Waals surface area contributed by atoms with Crippen LogP contribution >= 0.6 is 0 Å². The molecule has 9 N–H and O–H groups in total. The van der Waals surface area contributed by atoms with Crippen molar-refractivity contribution in [2.45, 2.75) is 95.7 Å². The molecule has 37 nitrogen and oxygen atoms in total.